The van der Waals surface area contributed by atoms with E-state index >= 15 is 0 Å². The number of amides is 1. The van der Waals surface area contributed by atoms with E-state index in [1.165, 1.54) is 13.0 Å². The van der Waals surface area contributed by atoms with E-state index in [0.717, 1.165) is 28.3 Å². The zero-order chi connectivity index (χ0) is 22.2. The number of thiol groups is 1. The smallest absolute Gasteiger partial charge is 0.449 e. The summed E-state index contributed by atoms with van der Waals surface area (Å²) in [6, 6.07) is 18.5. The van der Waals surface area contributed by atoms with Gasteiger partial charge in [0.25, 0.3) is 0 Å². The van der Waals surface area contributed by atoms with Gasteiger partial charge < -0.3 is 23.0 Å². The molecule has 0 bridgehead atoms. The molecule has 3 aromatic rings. The molecular weight excluding hydrogens is 461 g/mol. The molecule has 0 spiro atoms. The van der Waals surface area contributed by atoms with Gasteiger partial charge in [0, 0.05) is 17.4 Å². The third kappa shape index (κ3) is 5.29. The van der Waals surface area contributed by atoms with Gasteiger partial charge in [-0.1, -0.05) is 60.2 Å². The van der Waals surface area contributed by atoms with E-state index in [9.17, 15) is 17.7 Å². The fourth-order valence-electron chi connectivity index (χ4n) is 4.05. The van der Waals surface area contributed by atoms with Crippen LogP contribution in [0.25, 0.3) is 11.1 Å². The van der Waals surface area contributed by atoms with Crippen molar-refractivity contribution in [3.63, 3.8) is 0 Å². The second kappa shape index (κ2) is 10.4. The number of fused-ring (bicyclic) bond motifs is 3. The molecule has 3 aromatic carbocycles. The fraction of sp³-hybridized carbons (Fsp3) is 0.174. The average Bonchev–Trinajstić information content (AvgIpc) is 3.06. The largest absolute Gasteiger partial charge is 1.00 e. The van der Waals surface area contributed by atoms with Gasteiger partial charge in [0.1, 0.15) is 6.61 Å². The second-order valence-electron chi connectivity index (χ2n) is 7.58. The molecule has 1 amide bonds. The SMILES string of the molecule is Cc1c(S)cc(CNC(=O)OCC2c3ccccc3-c3ccccc32)cc1[B-](F)(F)F.[K+]. The van der Waals surface area contributed by atoms with Crippen LogP contribution in [0.2, 0.25) is 0 Å². The zero-order valence-electron chi connectivity index (χ0n) is 17.7. The van der Waals surface area contributed by atoms with Gasteiger partial charge in [0.15, 0.2) is 0 Å². The van der Waals surface area contributed by atoms with Crippen LogP contribution in [0.1, 0.15) is 28.2 Å². The summed E-state index contributed by atoms with van der Waals surface area (Å²) < 4.78 is 45.2. The van der Waals surface area contributed by atoms with Gasteiger partial charge in [-0.15, -0.1) is 18.1 Å². The molecule has 160 valence electrons. The van der Waals surface area contributed by atoms with Gasteiger partial charge in [0.05, 0.1) is 0 Å². The topological polar surface area (TPSA) is 38.3 Å². The number of alkyl carbamates (subject to hydrolysis) is 1. The molecular formula is C23H20BF3KNO2S. The van der Waals surface area contributed by atoms with E-state index in [1.54, 1.807) is 0 Å². The molecule has 32 heavy (non-hydrogen) atoms. The molecule has 4 rings (SSSR count). The van der Waals surface area contributed by atoms with Crippen molar-refractivity contribution >= 4 is 31.2 Å². The molecule has 1 aliphatic rings. The summed E-state index contributed by atoms with van der Waals surface area (Å²) in [5.41, 5.74) is 4.12. The Morgan fingerprint density at radius 3 is 2.16 bits per heavy atom. The molecule has 0 saturated carbocycles. The maximum absolute atomic E-state index is 13.3. The minimum Gasteiger partial charge on any atom is -0.449 e. The molecule has 3 nitrogen and oxygen atoms in total. The third-order valence-electron chi connectivity index (χ3n) is 5.61. The minimum atomic E-state index is -5.16. The fourth-order valence-corrected chi connectivity index (χ4v) is 4.34. The Bertz CT molecular complexity index is 1110. The van der Waals surface area contributed by atoms with Gasteiger partial charge in [0.2, 0.25) is 0 Å². The van der Waals surface area contributed by atoms with Gasteiger partial charge in [-0.2, -0.15) is 0 Å². The Morgan fingerprint density at radius 2 is 1.59 bits per heavy atom. The first-order valence-electron chi connectivity index (χ1n) is 9.87. The van der Waals surface area contributed by atoms with E-state index in [2.05, 4.69) is 17.9 Å². The minimum absolute atomic E-state index is 0. The summed E-state index contributed by atoms with van der Waals surface area (Å²) in [5.74, 6) is -0.0823. The molecule has 9 heteroatoms. The molecule has 0 saturated heterocycles. The number of ether oxygens (including phenoxy) is 1. The number of benzene rings is 3. The molecule has 0 heterocycles. The standard InChI is InChI=1S/C23H20BF3NO2S.K/c1-14-21(24(25,26)27)10-15(11-22(14)31)12-28-23(29)30-13-20-18-8-4-2-6-16(18)17-7-3-5-9-19(17)20;/h2-11,20,31H,12-13H2,1H3,(H,28,29);/q-1;+1. The predicted molar refractivity (Wildman–Crippen MR) is 119 cm³/mol. The summed E-state index contributed by atoms with van der Waals surface area (Å²) in [7, 11) is 0. The Hall–Kier alpha value is -1.23. The van der Waals surface area contributed by atoms with Crippen molar-refractivity contribution in [3.8, 4) is 11.1 Å². The summed E-state index contributed by atoms with van der Waals surface area (Å²) in [6.07, 6.45) is -0.678. The predicted octanol–water partition coefficient (Wildman–Crippen LogP) is 2.38. The van der Waals surface area contributed by atoms with Crippen LogP contribution in [-0.2, 0) is 11.3 Å². The maximum atomic E-state index is 13.3. The first-order chi connectivity index (χ1) is 14.8. The third-order valence-corrected chi connectivity index (χ3v) is 6.08. The number of hydrogen-bond donors (Lipinski definition) is 2. The Labute approximate surface area is 233 Å². The van der Waals surface area contributed by atoms with Crippen molar-refractivity contribution in [2.75, 3.05) is 6.61 Å². The van der Waals surface area contributed by atoms with E-state index < -0.39 is 18.5 Å². The first-order valence-corrected chi connectivity index (χ1v) is 10.3. The number of carbonyl (C=O) groups is 1. The summed E-state index contributed by atoms with van der Waals surface area (Å²) in [6.45, 7) is -3.72. The zero-order valence-corrected chi connectivity index (χ0v) is 21.8. The molecule has 0 aromatic heterocycles. The Balaban J connectivity index is 0.00000289. The average molecular weight is 481 g/mol. The van der Waals surface area contributed by atoms with E-state index in [-0.39, 0.29) is 80.9 Å². The molecule has 0 fully saturated rings. The van der Waals surface area contributed by atoms with Crippen LogP contribution in [0, 0.1) is 6.92 Å². The normalized spacial score (nSPS) is 12.5. The van der Waals surface area contributed by atoms with Crippen molar-refractivity contribution in [1.82, 2.24) is 5.32 Å². The molecule has 1 aliphatic carbocycles. The van der Waals surface area contributed by atoms with Crippen molar-refractivity contribution in [1.29, 1.82) is 0 Å². The van der Waals surface area contributed by atoms with E-state index in [1.807, 2.05) is 48.5 Å². The van der Waals surface area contributed by atoms with Crippen molar-refractivity contribution in [2.45, 2.75) is 24.3 Å². The van der Waals surface area contributed by atoms with Crippen LogP contribution in [-0.4, -0.2) is 19.7 Å². The summed E-state index contributed by atoms with van der Waals surface area (Å²) >= 11 is 4.13. The maximum Gasteiger partial charge on any atom is 1.00 e. The molecule has 0 unspecified atom stereocenters. The van der Waals surface area contributed by atoms with Gasteiger partial charge in [-0.25, -0.2) is 4.79 Å². The number of nitrogens with one attached hydrogen (secondary N) is 1. The van der Waals surface area contributed by atoms with Crippen LogP contribution in [0.4, 0.5) is 17.7 Å². The molecule has 0 atom stereocenters. The number of halogens is 3. The van der Waals surface area contributed by atoms with Crippen LogP contribution in [0.15, 0.2) is 65.6 Å². The van der Waals surface area contributed by atoms with Crippen molar-refractivity contribution in [3.05, 3.63) is 82.9 Å². The Morgan fingerprint density at radius 1 is 1.03 bits per heavy atom. The molecule has 0 radical (unpaired) electrons. The van der Waals surface area contributed by atoms with Crippen molar-refractivity contribution < 1.29 is 73.9 Å². The summed E-state index contributed by atoms with van der Waals surface area (Å²) in [5, 5.41) is 2.54. The quantitative estimate of drug-likeness (QED) is 0.434. The number of rotatable bonds is 5. The second-order valence-corrected chi connectivity index (χ2v) is 8.06. The van der Waals surface area contributed by atoms with Crippen LogP contribution >= 0.6 is 12.6 Å². The van der Waals surface area contributed by atoms with Crippen molar-refractivity contribution in [2.24, 2.45) is 0 Å². The van der Waals surface area contributed by atoms with Crippen LogP contribution < -0.4 is 62.2 Å². The van der Waals surface area contributed by atoms with Gasteiger partial charge in [-0.05, 0) is 40.8 Å². The molecule has 1 N–H and O–H groups in total. The summed E-state index contributed by atoms with van der Waals surface area (Å²) in [4.78, 5) is 12.5. The first kappa shape index (κ1) is 25.4. The van der Waals surface area contributed by atoms with Gasteiger partial charge in [-0.3, -0.25) is 0 Å². The number of hydrogen-bond acceptors (Lipinski definition) is 3. The van der Waals surface area contributed by atoms with Gasteiger partial charge >= 0.3 is 64.5 Å². The van der Waals surface area contributed by atoms with E-state index in [0.29, 0.717) is 5.56 Å². The molecule has 0 aliphatic heterocycles. The van der Waals surface area contributed by atoms with Crippen LogP contribution in [0.3, 0.4) is 0 Å². The van der Waals surface area contributed by atoms with Crippen LogP contribution in [0.5, 0.6) is 0 Å². The monoisotopic (exact) mass is 481 g/mol. The van der Waals surface area contributed by atoms with E-state index in [4.69, 9.17) is 4.74 Å². The Kier molecular flexibility index (Phi) is 8.22. The number of carbonyl (C=O) groups excluding carboxylic acids is 1.